The highest BCUT2D eigenvalue weighted by Crippen LogP contribution is 2.28. The van der Waals surface area contributed by atoms with Gasteiger partial charge in [-0.05, 0) is 25.7 Å². The Balaban J connectivity index is 2.41. The van der Waals surface area contributed by atoms with Crippen LogP contribution in [0.15, 0.2) is 11.2 Å². The van der Waals surface area contributed by atoms with Gasteiger partial charge in [0.05, 0.1) is 6.20 Å². The lowest BCUT2D eigenvalue weighted by Gasteiger charge is -2.35. The number of hydrogen-bond acceptors (Lipinski definition) is 4. The summed E-state index contributed by atoms with van der Waals surface area (Å²) in [7, 11) is -3.84. The van der Waals surface area contributed by atoms with Gasteiger partial charge in [0.1, 0.15) is 5.56 Å². The fraction of sp³-hybridized carbons (Fsp3) is 0.636. The second-order valence-electron chi connectivity index (χ2n) is 5.02. The third-order valence-corrected chi connectivity index (χ3v) is 5.42. The smallest absolute Gasteiger partial charge is 0.340 e. The first kappa shape index (κ1) is 14.0. The van der Waals surface area contributed by atoms with E-state index in [-0.39, 0.29) is 22.5 Å². The number of carboxylic acid groups (broad SMARTS) is 1. The molecule has 1 fully saturated rings. The number of rotatable bonds is 3. The van der Waals surface area contributed by atoms with Crippen LogP contribution in [0.1, 0.15) is 37.0 Å². The molecular weight excluding hydrogens is 270 g/mol. The van der Waals surface area contributed by atoms with Crippen molar-refractivity contribution in [2.45, 2.75) is 37.8 Å². The van der Waals surface area contributed by atoms with Crippen LogP contribution in [0.4, 0.5) is 0 Å². The number of nitrogens with zero attached hydrogens (tertiary/aromatic N) is 2. The molecule has 0 spiro atoms. The number of carboxylic acids is 1. The van der Waals surface area contributed by atoms with E-state index in [2.05, 4.69) is 10.2 Å². The maximum Gasteiger partial charge on any atom is 0.340 e. The molecule has 1 aliphatic rings. The maximum absolute atomic E-state index is 12.5. The zero-order valence-electron chi connectivity index (χ0n) is 10.8. The predicted octanol–water partition coefficient (Wildman–Crippen LogP) is 0.917. The van der Waals surface area contributed by atoms with Crippen molar-refractivity contribution < 1.29 is 18.3 Å². The van der Waals surface area contributed by atoms with E-state index >= 15 is 0 Å². The summed E-state index contributed by atoms with van der Waals surface area (Å²) in [6.07, 6.45) is 2.77. The van der Waals surface area contributed by atoms with Gasteiger partial charge < -0.3 is 5.11 Å². The van der Waals surface area contributed by atoms with Gasteiger partial charge in [-0.2, -0.15) is 9.40 Å². The normalized spacial score (nSPS) is 25.4. The van der Waals surface area contributed by atoms with E-state index in [0.29, 0.717) is 6.54 Å². The summed E-state index contributed by atoms with van der Waals surface area (Å²) in [6.45, 7) is 4.22. The van der Waals surface area contributed by atoms with E-state index in [0.717, 1.165) is 19.0 Å². The van der Waals surface area contributed by atoms with Crippen LogP contribution in [0.25, 0.3) is 0 Å². The van der Waals surface area contributed by atoms with Gasteiger partial charge in [0.15, 0.2) is 5.03 Å². The van der Waals surface area contributed by atoms with Crippen molar-refractivity contribution >= 4 is 16.0 Å². The van der Waals surface area contributed by atoms with E-state index in [1.165, 1.54) is 4.31 Å². The third kappa shape index (κ3) is 2.50. The van der Waals surface area contributed by atoms with Crippen LogP contribution in [-0.2, 0) is 10.0 Å². The van der Waals surface area contributed by atoms with E-state index in [9.17, 15) is 13.2 Å². The number of sulfonamides is 1. The Bertz CT molecular complexity index is 581. The molecule has 106 valence electrons. The van der Waals surface area contributed by atoms with Crippen LogP contribution in [0.5, 0.6) is 0 Å². The van der Waals surface area contributed by atoms with Gasteiger partial charge >= 0.3 is 5.97 Å². The van der Waals surface area contributed by atoms with Crippen molar-refractivity contribution in [2.75, 3.05) is 6.54 Å². The summed E-state index contributed by atoms with van der Waals surface area (Å²) in [5.74, 6) is -1.03. The van der Waals surface area contributed by atoms with E-state index in [1.54, 1.807) is 0 Å². The molecule has 2 N–H and O–H groups in total. The van der Waals surface area contributed by atoms with Crippen LogP contribution < -0.4 is 0 Å². The molecule has 8 heteroatoms. The molecule has 0 aromatic carbocycles. The van der Waals surface area contributed by atoms with Gasteiger partial charge in [0, 0.05) is 12.6 Å². The third-order valence-electron chi connectivity index (χ3n) is 3.46. The molecule has 2 unspecified atom stereocenters. The van der Waals surface area contributed by atoms with Crippen molar-refractivity contribution in [3.8, 4) is 0 Å². The molecule has 2 rings (SSSR count). The summed E-state index contributed by atoms with van der Waals surface area (Å²) in [5, 5.41) is 14.5. The summed E-state index contributed by atoms with van der Waals surface area (Å²) in [4.78, 5) is 11.0. The number of carbonyl (C=O) groups is 1. The Morgan fingerprint density at radius 3 is 2.79 bits per heavy atom. The van der Waals surface area contributed by atoms with Crippen molar-refractivity contribution in [1.82, 2.24) is 14.5 Å². The standard InChI is InChI=1S/C11H17N3O4S/c1-7-3-4-8(2)14(6-7)19(17,18)10-9(11(15)16)5-12-13-10/h5,7-8H,3-4,6H2,1-2H3,(H,12,13)(H,15,16). The van der Waals surface area contributed by atoms with Crippen molar-refractivity contribution in [2.24, 2.45) is 5.92 Å². The van der Waals surface area contributed by atoms with Crippen molar-refractivity contribution in [3.63, 3.8) is 0 Å². The molecule has 1 aromatic rings. The van der Waals surface area contributed by atoms with Crippen molar-refractivity contribution in [1.29, 1.82) is 0 Å². The first-order valence-electron chi connectivity index (χ1n) is 6.12. The molecule has 2 atom stereocenters. The minimum absolute atomic E-state index is 0.133. The average molecular weight is 287 g/mol. The largest absolute Gasteiger partial charge is 0.478 e. The summed E-state index contributed by atoms with van der Waals surface area (Å²) >= 11 is 0. The number of H-pyrrole nitrogens is 1. The predicted molar refractivity (Wildman–Crippen MR) is 67.3 cm³/mol. The zero-order chi connectivity index (χ0) is 14.2. The van der Waals surface area contributed by atoms with E-state index < -0.39 is 16.0 Å². The maximum atomic E-state index is 12.5. The topological polar surface area (TPSA) is 103 Å². The number of piperidine rings is 1. The number of hydrogen-bond donors (Lipinski definition) is 2. The minimum atomic E-state index is -3.84. The SMILES string of the molecule is CC1CCC(C)N(S(=O)(=O)c2[nH]ncc2C(=O)O)C1. The average Bonchev–Trinajstić information content (AvgIpc) is 2.82. The lowest BCUT2D eigenvalue weighted by Crippen LogP contribution is -2.45. The van der Waals surface area contributed by atoms with Gasteiger partial charge in [-0.25, -0.2) is 13.2 Å². The lowest BCUT2D eigenvalue weighted by atomic mass is 9.97. The molecule has 1 aromatic heterocycles. The molecule has 7 nitrogen and oxygen atoms in total. The number of aromatic carboxylic acids is 1. The minimum Gasteiger partial charge on any atom is -0.478 e. The molecule has 0 bridgehead atoms. The molecule has 1 aliphatic heterocycles. The van der Waals surface area contributed by atoms with Gasteiger partial charge in [-0.3, -0.25) is 5.10 Å². The molecule has 0 radical (unpaired) electrons. The van der Waals surface area contributed by atoms with Crippen LogP contribution in [0.3, 0.4) is 0 Å². The second-order valence-corrected chi connectivity index (χ2v) is 6.85. The first-order valence-corrected chi connectivity index (χ1v) is 7.56. The lowest BCUT2D eigenvalue weighted by molar-refractivity contribution is 0.0692. The highest BCUT2D eigenvalue weighted by atomic mass is 32.2. The highest BCUT2D eigenvalue weighted by molar-refractivity contribution is 7.89. The molecular formula is C11H17N3O4S. The molecule has 1 saturated heterocycles. The molecule has 0 aliphatic carbocycles. The van der Waals surface area contributed by atoms with Crippen LogP contribution in [0, 0.1) is 5.92 Å². The molecule has 0 amide bonds. The molecule has 19 heavy (non-hydrogen) atoms. The van der Waals surface area contributed by atoms with Gasteiger partial charge in [-0.1, -0.05) is 6.92 Å². The van der Waals surface area contributed by atoms with E-state index in [4.69, 9.17) is 5.11 Å². The van der Waals surface area contributed by atoms with Gasteiger partial charge in [0.25, 0.3) is 10.0 Å². The van der Waals surface area contributed by atoms with Crippen molar-refractivity contribution in [3.05, 3.63) is 11.8 Å². The monoisotopic (exact) mass is 287 g/mol. The Kier molecular flexibility index (Phi) is 3.64. The summed E-state index contributed by atoms with van der Waals surface area (Å²) < 4.78 is 26.4. The first-order chi connectivity index (χ1) is 8.84. The van der Waals surface area contributed by atoms with Gasteiger partial charge in [-0.15, -0.1) is 0 Å². The fourth-order valence-corrected chi connectivity index (χ4v) is 4.17. The number of nitrogens with one attached hydrogen (secondary N) is 1. The summed E-state index contributed by atoms with van der Waals surface area (Å²) in [6, 6.07) is -0.133. The molecule has 2 heterocycles. The van der Waals surface area contributed by atoms with Gasteiger partial charge in [0.2, 0.25) is 0 Å². The van der Waals surface area contributed by atoms with Crippen LogP contribution >= 0.6 is 0 Å². The molecule has 0 saturated carbocycles. The Morgan fingerprint density at radius 2 is 2.16 bits per heavy atom. The second kappa shape index (κ2) is 4.93. The Labute approximate surface area is 111 Å². The Morgan fingerprint density at radius 1 is 1.47 bits per heavy atom. The zero-order valence-corrected chi connectivity index (χ0v) is 11.6. The summed E-state index contributed by atoms with van der Waals surface area (Å²) in [5.41, 5.74) is -0.314. The van der Waals surface area contributed by atoms with Crippen LogP contribution in [0.2, 0.25) is 0 Å². The quantitative estimate of drug-likeness (QED) is 0.860. The fourth-order valence-electron chi connectivity index (χ4n) is 2.32. The highest BCUT2D eigenvalue weighted by Gasteiger charge is 2.36. The van der Waals surface area contributed by atoms with E-state index in [1.807, 2.05) is 13.8 Å². The van der Waals surface area contributed by atoms with Crippen LogP contribution in [-0.4, -0.2) is 46.6 Å². The number of aromatic nitrogens is 2. The number of aromatic amines is 1. The Hall–Kier alpha value is -1.41.